The lowest BCUT2D eigenvalue weighted by atomic mass is 10.1. The van der Waals surface area contributed by atoms with Crippen LogP contribution in [0.3, 0.4) is 0 Å². The Hall–Kier alpha value is -0.710. The van der Waals surface area contributed by atoms with Crippen LogP contribution < -0.4 is 0 Å². The summed E-state index contributed by atoms with van der Waals surface area (Å²) >= 11 is 13.4. The lowest BCUT2D eigenvalue weighted by molar-refractivity contribution is -0.148. The van der Waals surface area contributed by atoms with Crippen molar-refractivity contribution in [2.75, 3.05) is 12.9 Å². The molecule has 2 rings (SSSR count). The molecule has 0 aliphatic heterocycles. The Labute approximate surface area is 132 Å². The third kappa shape index (κ3) is 2.97. The molecular weight excluding hydrogens is 319 g/mol. The van der Waals surface area contributed by atoms with Crippen LogP contribution in [0.15, 0.2) is 29.2 Å². The second-order valence-corrected chi connectivity index (χ2v) is 7.30. The highest BCUT2D eigenvalue weighted by atomic mass is 35.5. The molecule has 0 radical (unpaired) electrons. The van der Waals surface area contributed by atoms with Crippen molar-refractivity contribution in [3.8, 4) is 0 Å². The zero-order valence-corrected chi connectivity index (χ0v) is 13.4. The summed E-state index contributed by atoms with van der Waals surface area (Å²) in [6, 6.07) is 7.14. The first-order valence-corrected chi connectivity index (χ1v) is 8.00. The number of ketones is 1. The van der Waals surface area contributed by atoms with Crippen LogP contribution in [0, 0.1) is 5.41 Å². The summed E-state index contributed by atoms with van der Waals surface area (Å²) in [7, 11) is 0. The molecule has 0 aromatic heterocycles. The number of alkyl halides is 2. The molecule has 0 bridgehead atoms. The van der Waals surface area contributed by atoms with Crippen molar-refractivity contribution in [1.29, 1.82) is 0 Å². The molecule has 3 nitrogen and oxygen atoms in total. The maximum absolute atomic E-state index is 11.9. The van der Waals surface area contributed by atoms with Gasteiger partial charge in [0, 0.05) is 16.9 Å². The van der Waals surface area contributed by atoms with E-state index in [1.165, 1.54) is 0 Å². The molecule has 0 N–H and O–H groups in total. The van der Waals surface area contributed by atoms with Crippen LogP contribution in [0.5, 0.6) is 0 Å². The maximum atomic E-state index is 11.9. The van der Waals surface area contributed by atoms with Gasteiger partial charge in [0.25, 0.3) is 0 Å². The van der Waals surface area contributed by atoms with E-state index in [0.29, 0.717) is 12.0 Å². The number of hydrogen-bond acceptors (Lipinski definition) is 4. The summed E-state index contributed by atoms with van der Waals surface area (Å²) in [6.07, 6.45) is 2.30. The van der Waals surface area contributed by atoms with Crippen molar-refractivity contribution in [2.45, 2.75) is 22.6 Å². The van der Waals surface area contributed by atoms with E-state index in [9.17, 15) is 9.59 Å². The topological polar surface area (TPSA) is 43.4 Å². The molecule has 1 atom stereocenters. The van der Waals surface area contributed by atoms with Crippen molar-refractivity contribution < 1.29 is 14.3 Å². The van der Waals surface area contributed by atoms with Crippen LogP contribution in [-0.2, 0) is 9.53 Å². The molecule has 0 heterocycles. The Morgan fingerprint density at radius 3 is 2.30 bits per heavy atom. The first-order chi connectivity index (χ1) is 9.30. The maximum Gasteiger partial charge on any atom is 0.315 e. The van der Waals surface area contributed by atoms with Gasteiger partial charge in [0.05, 0.1) is 0 Å². The van der Waals surface area contributed by atoms with Crippen LogP contribution in [0.1, 0.15) is 23.7 Å². The first-order valence-electron chi connectivity index (χ1n) is 6.02. The SMILES string of the molecule is CSc1ccc(C(=O)COC(=O)C2(C)CC2(Cl)Cl)cc1. The third-order valence-electron chi connectivity index (χ3n) is 3.45. The molecule has 0 saturated heterocycles. The van der Waals surface area contributed by atoms with Crippen molar-refractivity contribution in [1.82, 2.24) is 0 Å². The van der Waals surface area contributed by atoms with Crippen molar-refractivity contribution >= 4 is 46.7 Å². The number of thioether (sulfide) groups is 1. The number of ether oxygens (including phenoxy) is 1. The zero-order chi connectivity index (χ0) is 15.0. The van der Waals surface area contributed by atoms with Gasteiger partial charge in [-0.15, -0.1) is 35.0 Å². The van der Waals surface area contributed by atoms with E-state index in [1.54, 1.807) is 30.8 Å². The quantitative estimate of drug-likeness (QED) is 0.356. The number of halogens is 2. The second kappa shape index (κ2) is 5.58. The zero-order valence-electron chi connectivity index (χ0n) is 11.1. The predicted molar refractivity (Wildman–Crippen MR) is 80.7 cm³/mol. The van der Waals surface area contributed by atoms with E-state index in [-0.39, 0.29) is 12.4 Å². The Balaban J connectivity index is 1.91. The molecular formula is C14H14Cl2O3S. The molecule has 20 heavy (non-hydrogen) atoms. The molecule has 1 aliphatic carbocycles. The minimum Gasteiger partial charge on any atom is -0.457 e. The summed E-state index contributed by atoms with van der Waals surface area (Å²) in [5.41, 5.74) is -0.390. The fraction of sp³-hybridized carbons (Fsp3) is 0.429. The summed E-state index contributed by atoms with van der Waals surface area (Å²) in [5, 5.41) is 0. The number of rotatable bonds is 5. The molecule has 1 fully saturated rings. The number of carbonyl (C=O) groups is 2. The fourth-order valence-electron chi connectivity index (χ4n) is 1.77. The van der Waals surface area contributed by atoms with E-state index in [0.717, 1.165) is 4.90 Å². The van der Waals surface area contributed by atoms with Crippen LogP contribution >= 0.6 is 35.0 Å². The summed E-state index contributed by atoms with van der Waals surface area (Å²) in [6.45, 7) is 1.34. The Morgan fingerprint density at radius 2 is 1.85 bits per heavy atom. The molecule has 1 saturated carbocycles. The average molecular weight is 333 g/mol. The summed E-state index contributed by atoms with van der Waals surface area (Å²) < 4.78 is 3.94. The first kappa shape index (κ1) is 15.7. The van der Waals surface area contributed by atoms with Crippen LogP contribution in [0.25, 0.3) is 0 Å². The second-order valence-electron chi connectivity index (χ2n) is 4.94. The minimum absolute atomic E-state index is 0.245. The highest BCUT2D eigenvalue weighted by molar-refractivity contribution is 7.98. The Morgan fingerprint density at radius 1 is 1.30 bits per heavy atom. The van der Waals surface area contributed by atoms with Crippen LogP contribution in [0.4, 0.5) is 0 Å². The largest absolute Gasteiger partial charge is 0.457 e. The van der Waals surface area contributed by atoms with Gasteiger partial charge in [-0.25, -0.2) is 0 Å². The van der Waals surface area contributed by atoms with E-state index < -0.39 is 15.7 Å². The van der Waals surface area contributed by atoms with Crippen LogP contribution in [0.2, 0.25) is 0 Å². The van der Waals surface area contributed by atoms with Crippen LogP contribution in [-0.4, -0.2) is 28.9 Å². The number of Topliss-reactive ketones (excluding diaryl/α,β-unsaturated/α-hetero) is 1. The Bertz CT molecular complexity index is 542. The van der Waals surface area contributed by atoms with Crippen molar-refractivity contribution in [3.05, 3.63) is 29.8 Å². The van der Waals surface area contributed by atoms with Crippen molar-refractivity contribution in [2.24, 2.45) is 5.41 Å². The number of benzene rings is 1. The summed E-state index contributed by atoms with van der Waals surface area (Å²) in [4.78, 5) is 24.8. The standard InChI is InChI=1S/C14H14Cl2O3S/c1-13(8-14(13,15)16)12(18)19-7-11(17)9-3-5-10(20-2)6-4-9/h3-6H,7-8H2,1-2H3. The normalized spacial score (nSPS) is 23.2. The lowest BCUT2D eigenvalue weighted by Crippen LogP contribution is -2.24. The number of hydrogen-bond donors (Lipinski definition) is 0. The van der Waals surface area contributed by atoms with Gasteiger partial charge in [-0.3, -0.25) is 9.59 Å². The molecule has 1 unspecified atom stereocenters. The van der Waals surface area contributed by atoms with Gasteiger partial charge in [-0.1, -0.05) is 12.1 Å². The molecule has 0 spiro atoms. The monoisotopic (exact) mass is 332 g/mol. The van der Waals surface area contributed by atoms with Gasteiger partial charge in [-0.05, 0) is 25.3 Å². The molecule has 1 aromatic carbocycles. The van der Waals surface area contributed by atoms with E-state index >= 15 is 0 Å². The van der Waals surface area contributed by atoms with Crippen molar-refractivity contribution in [3.63, 3.8) is 0 Å². The molecule has 6 heteroatoms. The lowest BCUT2D eigenvalue weighted by Gasteiger charge is -2.11. The van der Waals surface area contributed by atoms with E-state index in [1.807, 2.05) is 18.4 Å². The van der Waals surface area contributed by atoms with Gasteiger partial charge >= 0.3 is 5.97 Å². The summed E-state index contributed by atoms with van der Waals surface area (Å²) in [5.74, 6) is -0.776. The van der Waals surface area contributed by atoms with Gasteiger partial charge < -0.3 is 4.74 Å². The highest BCUT2D eigenvalue weighted by Gasteiger charge is 2.69. The van der Waals surface area contributed by atoms with Gasteiger partial charge in [0.2, 0.25) is 0 Å². The van der Waals surface area contributed by atoms with E-state index in [2.05, 4.69) is 0 Å². The third-order valence-corrected chi connectivity index (χ3v) is 5.30. The number of esters is 1. The molecule has 108 valence electrons. The smallest absolute Gasteiger partial charge is 0.315 e. The van der Waals surface area contributed by atoms with E-state index in [4.69, 9.17) is 27.9 Å². The Kier molecular flexibility index (Phi) is 4.38. The van der Waals surface area contributed by atoms with Gasteiger partial charge in [0.15, 0.2) is 12.4 Å². The van der Waals surface area contributed by atoms with Gasteiger partial charge in [-0.2, -0.15) is 0 Å². The molecule has 0 amide bonds. The van der Waals surface area contributed by atoms with Gasteiger partial charge in [0.1, 0.15) is 9.75 Å². The fourth-order valence-corrected chi connectivity index (χ4v) is 2.87. The number of carbonyl (C=O) groups excluding carboxylic acids is 2. The molecule has 1 aliphatic rings. The minimum atomic E-state index is -1.08. The predicted octanol–water partition coefficient (Wildman–Crippen LogP) is 3.72. The average Bonchev–Trinajstić information content (AvgIpc) is 2.96. The molecule has 1 aromatic rings. The highest BCUT2D eigenvalue weighted by Crippen LogP contribution is 2.64.